The maximum absolute atomic E-state index is 13.4. The van der Waals surface area contributed by atoms with Gasteiger partial charge in [0.15, 0.2) is 0 Å². The van der Waals surface area contributed by atoms with E-state index in [9.17, 15) is 4.79 Å². The van der Waals surface area contributed by atoms with Crippen LogP contribution in [0.25, 0.3) is 22.2 Å². The minimum atomic E-state index is 0.0749. The number of methoxy groups -OCH3 is 1. The van der Waals surface area contributed by atoms with Gasteiger partial charge in [-0.3, -0.25) is 4.79 Å². The molecule has 1 fully saturated rings. The van der Waals surface area contributed by atoms with Crippen molar-refractivity contribution in [3.8, 4) is 17.0 Å². The molecule has 1 unspecified atom stereocenters. The molecule has 0 bridgehead atoms. The summed E-state index contributed by atoms with van der Waals surface area (Å²) in [6, 6.07) is 15.8. The second-order valence-corrected chi connectivity index (χ2v) is 6.70. The molecule has 0 spiro atoms. The van der Waals surface area contributed by atoms with Gasteiger partial charge in [-0.25, -0.2) is 0 Å². The van der Waals surface area contributed by atoms with Crippen LogP contribution in [-0.2, 0) is 0 Å². The van der Waals surface area contributed by atoms with Gasteiger partial charge in [-0.15, -0.1) is 0 Å². The van der Waals surface area contributed by atoms with Gasteiger partial charge >= 0.3 is 0 Å². The summed E-state index contributed by atoms with van der Waals surface area (Å²) in [4.78, 5) is 19.1. The molecule has 3 aromatic rings. The zero-order chi connectivity index (χ0) is 18.1. The summed E-state index contributed by atoms with van der Waals surface area (Å²) in [6.45, 7) is 4.69. The number of benzene rings is 2. The van der Waals surface area contributed by atoms with E-state index in [-0.39, 0.29) is 11.5 Å². The molecule has 1 aliphatic heterocycles. The van der Waals surface area contributed by atoms with Crippen molar-refractivity contribution in [2.75, 3.05) is 31.6 Å². The molecule has 2 aromatic carbocycles. The molecular formula is C21H23N3O2. The van der Waals surface area contributed by atoms with Crippen molar-refractivity contribution in [3.05, 3.63) is 58.8 Å². The highest BCUT2D eigenvalue weighted by molar-refractivity contribution is 5.89. The summed E-state index contributed by atoms with van der Waals surface area (Å²) in [5, 5.41) is 4.12. The zero-order valence-corrected chi connectivity index (χ0v) is 15.1. The van der Waals surface area contributed by atoms with E-state index in [0.29, 0.717) is 0 Å². The van der Waals surface area contributed by atoms with Gasteiger partial charge in [0.05, 0.1) is 12.8 Å². The van der Waals surface area contributed by atoms with Gasteiger partial charge in [0, 0.05) is 42.1 Å². The number of pyridine rings is 1. The molecule has 1 aliphatic rings. The fourth-order valence-electron chi connectivity index (χ4n) is 3.66. The van der Waals surface area contributed by atoms with Crippen LogP contribution in [0.2, 0.25) is 0 Å². The third kappa shape index (κ3) is 2.84. The largest absolute Gasteiger partial charge is 0.497 e. The predicted octanol–water partition coefficient (Wildman–Crippen LogP) is 3.00. The quantitative estimate of drug-likeness (QED) is 0.763. The molecule has 2 N–H and O–H groups in total. The fourth-order valence-corrected chi connectivity index (χ4v) is 3.66. The number of aromatic nitrogens is 1. The first-order valence-electron chi connectivity index (χ1n) is 8.96. The molecule has 2 heterocycles. The highest BCUT2D eigenvalue weighted by atomic mass is 16.5. The summed E-state index contributed by atoms with van der Waals surface area (Å²) >= 11 is 0. The average Bonchev–Trinajstić information content (AvgIpc) is 2.69. The van der Waals surface area contributed by atoms with E-state index in [2.05, 4.69) is 22.1 Å². The van der Waals surface area contributed by atoms with Crippen molar-refractivity contribution in [3.63, 3.8) is 0 Å². The van der Waals surface area contributed by atoms with E-state index in [1.54, 1.807) is 7.11 Å². The van der Waals surface area contributed by atoms with Gasteiger partial charge < -0.3 is 19.9 Å². The highest BCUT2D eigenvalue weighted by Crippen LogP contribution is 2.32. The fraction of sp³-hybridized carbons (Fsp3) is 0.286. The maximum Gasteiger partial charge on any atom is 0.213 e. The summed E-state index contributed by atoms with van der Waals surface area (Å²) in [7, 11) is 1.65. The molecule has 1 saturated heterocycles. The summed E-state index contributed by atoms with van der Waals surface area (Å²) in [5.41, 5.74) is 3.47. The lowest BCUT2D eigenvalue weighted by atomic mass is 10.0. The lowest BCUT2D eigenvalue weighted by Gasteiger charge is -2.36. The number of nitrogens with zero attached hydrogens (tertiary/aromatic N) is 1. The maximum atomic E-state index is 13.4. The second kappa shape index (κ2) is 6.84. The van der Waals surface area contributed by atoms with Gasteiger partial charge in [0.1, 0.15) is 11.4 Å². The van der Waals surface area contributed by atoms with Crippen LogP contribution >= 0.6 is 0 Å². The lowest BCUT2D eigenvalue weighted by Crippen LogP contribution is -2.51. The number of nitrogens with one attached hydrogen (secondary N) is 2. The van der Waals surface area contributed by atoms with Crippen LogP contribution in [0, 0.1) is 0 Å². The molecule has 0 radical (unpaired) electrons. The Hall–Kier alpha value is -2.79. The molecule has 4 rings (SSSR count). The number of aromatic amines is 1. The van der Waals surface area contributed by atoms with Crippen LogP contribution in [0.3, 0.4) is 0 Å². The Balaban J connectivity index is 2.00. The number of anilines is 1. The van der Waals surface area contributed by atoms with Crippen LogP contribution < -0.4 is 20.4 Å². The lowest BCUT2D eigenvalue weighted by molar-refractivity contribution is 0.415. The second-order valence-electron chi connectivity index (χ2n) is 6.70. The predicted molar refractivity (Wildman–Crippen MR) is 106 cm³/mol. The number of ether oxygens (including phenoxy) is 1. The third-order valence-electron chi connectivity index (χ3n) is 5.03. The van der Waals surface area contributed by atoms with Crippen molar-refractivity contribution in [1.29, 1.82) is 0 Å². The minimum absolute atomic E-state index is 0.0749. The van der Waals surface area contributed by atoms with Gasteiger partial charge in [0.2, 0.25) is 5.43 Å². The van der Waals surface area contributed by atoms with Crippen LogP contribution in [0.4, 0.5) is 5.69 Å². The Kier molecular flexibility index (Phi) is 4.39. The van der Waals surface area contributed by atoms with E-state index in [1.165, 1.54) is 0 Å². The molecule has 1 aromatic heterocycles. The van der Waals surface area contributed by atoms with Crippen molar-refractivity contribution in [1.82, 2.24) is 10.3 Å². The Labute approximate surface area is 152 Å². The average molecular weight is 349 g/mol. The molecule has 5 heteroatoms. The third-order valence-corrected chi connectivity index (χ3v) is 5.03. The standard InChI is InChI=1S/C21H23N3O2/c1-14-13-22-10-11-24(14)20-19(15-6-5-7-16(12-15)26-2)23-18-9-4-3-8-17(18)21(20)25/h3-9,12,14,22H,10-11,13H2,1-2H3,(H,23,25). The summed E-state index contributed by atoms with van der Waals surface area (Å²) < 4.78 is 5.38. The topological polar surface area (TPSA) is 57.4 Å². The van der Waals surface area contributed by atoms with Crippen LogP contribution in [0.5, 0.6) is 5.75 Å². The number of hydrogen-bond donors (Lipinski definition) is 2. The molecule has 0 aliphatic carbocycles. The number of para-hydroxylation sites is 1. The minimum Gasteiger partial charge on any atom is -0.497 e. The Morgan fingerprint density at radius 3 is 2.81 bits per heavy atom. The first-order chi connectivity index (χ1) is 12.7. The Morgan fingerprint density at radius 2 is 2.00 bits per heavy atom. The van der Waals surface area contributed by atoms with E-state index < -0.39 is 0 Å². The molecule has 134 valence electrons. The first-order valence-corrected chi connectivity index (χ1v) is 8.96. The Bertz CT molecular complexity index is 996. The molecule has 0 saturated carbocycles. The molecule has 0 amide bonds. The first kappa shape index (κ1) is 16.7. The van der Waals surface area contributed by atoms with Crippen molar-refractivity contribution >= 4 is 16.6 Å². The summed E-state index contributed by atoms with van der Waals surface area (Å²) in [6.07, 6.45) is 0. The zero-order valence-electron chi connectivity index (χ0n) is 15.1. The smallest absolute Gasteiger partial charge is 0.213 e. The van der Waals surface area contributed by atoms with Crippen LogP contribution in [0.15, 0.2) is 53.3 Å². The van der Waals surface area contributed by atoms with Crippen molar-refractivity contribution < 1.29 is 4.74 Å². The van der Waals surface area contributed by atoms with E-state index in [4.69, 9.17) is 4.74 Å². The van der Waals surface area contributed by atoms with Gasteiger partial charge in [-0.2, -0.15) is 0 Å². The van der Waals surface area contributed by atoms with Crippen LogP contribution in [-0.4, -0.2) is 37.8 Å². The molecule has 1 atom stereocenters. The SMILES string of the molecule is COc1cccc(-c2[nH]c3ccccc3c(=O)c2N2CCNCC2C)c1. The normalized spacial score (nSPS) is 17.5. The van der Waals surface area contributed by atoms with E-state index in [0.717, 1.165) is 53.2 Å². The van der Waals surface area contributed by atoms with Crippen molar-refractivity contribution in [2.45, 2.75) is 13.0 Å². The van der Waals surface area contributed by atoms with Crippen molar-refractivity contribution in [2.24, 2.45) is 0 Å². The van der Waals surface area contributed by atoms with E-state index >= 15 is 0 Å². The van der Waals surface area contributed by atoms with Gasteiger partial charge in [0.25, 0.3) is 0 Å². The number of hydrogen-bond acceptors (Lipinski definition) is 4. The molecular weight excluding hydrogens is 326 g/mol. The molecule has 26 heavy (non-hydrogen) atoms. The van der Waals surface area contributed by atoms with E-state index in [1.807, 2.05) is 48.5 Å². The summed E-state index contributed by atoms with van der Waals surface area (Å²) in [5.74, 6) is 0.774. The Morgan fingerprint density at radius 1 is 1.15 bits per heavy atom. The van der Waals surface area contributed by atoms with Crippen LogP contribution in [0.1, 0.15) is 6.92 Å². The van der Waals surface area contributed by atoms with Gasteiger partial charge in [-0.1, -0.05) is 24.3 Å². The highest BCUT2D eigenvalue weighted by Gasteiger charge is 2.25. The number of fused-ring (bicyclic) bond motifs is 1. The number of H-pyrrole nitrogens is 1. The molecule has 5 nitrogen and oxygen atoms in total. The number of piperazine rings is 1. The monoisotopic (exact) mass is 349 g/mol. The van der Waals surface area contributed by atoms with Gasteiger partial charge in [-0.05, 0) is 31.2 Å². The number of rotatable bonds is 3.